The number of alkyl halides is 2. The van der Waals surface area contributed by atoms with Crippen molar-refractivity contribution in [1.82, 2.24) is 0 Å². The third-order valence-electron chi connectivity index (χ3n) is 5.65. The largest absolute Gasteiger partial charge is 0.294 e. The Morgan fingerprint density at radius 2 is 0.861 bits per heavy atom. The van der Waals surface area contributed by atoms with E-state index < -0.39 is 0 Å². The topological polar surface area (TPSA) is 40.6 Å². The lowest BCUT2D eigenvalue weighted by Gasteiger charge is -2.20. The van der Waals surface area contributed by atoms with Crippen molar-refractivity contribution >= 4 is 58.5 Å². The molecule has 0 fully saturated rings. The molecule has 0 bridgehead atoms. The Bertz CT molecular complexity index is 1220. The average Bonchev–Trinajstić information content (AvgIpc) is 2.95. The number of anilines is 2. The highest BCUT2D eigenvalue weighted by Crippen LogP contribution is 2.22. The van der Waals surface area contributed by atoms with Crippen molar-refractivity contribution in [2.45, 2.75) is 0 Å². The van der Waals surface area contributed by atoms with E-state index in [2.05, 4.69) is 0 Å². The molecule has 0 aliphatic carbocycles. The van der Waals surface area contributed by atoms with Crippen molar-refractivity contribution in [3.63, 3.8) is 0 Å². The van der Waals surface area contributed by atoms with E-state index in [1.54, 1.807) is 24.3 Å². The molecular formula is C30H24Cl2N2O2. The first-order valence-electron chi connectivity index (χ1n) is 11.3. The highest BCUT2D eigenvalue weighted by molar-refractivity contribution is 6.23. The molecule has 36 heavy (non-hydrogen) atoms. The molecule has 0 atom stereocenters. The van der Waals surface area contributed by atoms with E-state index >= 15 is 0 Å². The van der Waals surface area contributed by atoms with E-state index in [4.69, 9.17) is 23.2 Å². The summed E-state index contributed by atoms with van der Waals surface area (Å²) in [6.45, 7) is 0. The fourth-order valence-electron chi connectivity index (χ4n) is 3.68. The molecule has 180 valence electrons. The van der Waals surface area contributed by atoms with Crippen LogP contribution in [0.15, 0.2) is 109 Å². The summed E-state index contributed by atoms with van der Waals surface area (Å²) in [5, 5.41) is 0. The highest BCUT2D eigenvalue weighted by Gasteiger charge is 2.17. The van der Waals surface area contributed by atoms with Gasteiger partial charge in [0, 0.05) is 22.5 Å². The van der Waals surface area contributed by atoms with Gasteiger partial charge in [0.15, 0.2) is 0 Å². The molecule has 0 unspecified atom stereocenters. The zero-order valence-corrected chi connectivity index (χ0v) is 20.9. The molecule has 0 saturated carbocycles. The maximum absolute atomic E-state index is 12.8. The summed E-state index contributed by atoms with van der Waals surface area (Å²) in [5.41, 5.74) is 4.58. The van der Waals surface area contributed by atoms with Gasteiger partial charge in [-0.05, 0) is 59.7 Å². The average molecular weight is 515 g/mol. The first-order chi connectivity index (χ1) is 17.6. The molecule has 0 spiro atoms. The van der Waals surface area contributed by atoms with Crippen LogP contribution in [0.1, 0.15) is 31.8 Å². The van der Waals surface area contributed by atoms with E-state index in [-0.39, 0.29) is 23.8 Å². The second kappa shape index (κ2) is 12.2. The van der Waals surface area contributed by atoms with Gasteiger partial charge in [-0.3, -0.25) is 19.4 Å². The zero-order valence-electron chi connectivity index (χ0n) is 19.4. The molecule has 4 aromatic rings. The number of benzene rings is 4. The van der Waals surface area contributed by atoms with E-state index in [0.29, 0.717) is 11.1 Å². The van der Waals surface area contributed by atoms with Crippen LogP contribution < -0.4 is 9.80 Å². The summed E-state index contributed by atoms with van der Waals surface area (Å²) in [4.78, 5) is 28.6. The van der Waals surface area contributed by atoms with Crippen LogP contribution in [0.2, 0.25) is 0 Å². The predicted octanol–water partition coefficient (Wildman–Crippen LogP) is 7.54. The van der Waals surface area contributed by atoms with Crippen LogP contribution in [0.5, 0.6) is 0 Å². The molecule has 0 aliphatic rings. The van der Waals surface area contributed by atoms with Crippen LogP contribution in [0.25, 0.3) is 12.2 Å². The molecule has 0 N–H and O–H groups in total. The first-order valence-corrected chi connectivity index (χ1v) is 12.4. The molecule has 4 rings (SSSR count). The number of rotatable bonds is 8. The minimum Gasteiger partial charge on any atom is -0.294 e. The van der Waals surface area contributed by atoms with Gasteiger partial charge in [0.25, 0.3) is 11.8 Å². The number of hydrogen-bond donors (Lipinski definition) is 0. The molecular weight excluding hydrogens is 491 g/mol. The normalized spacial score (nSPS) is 10.8. The molecule has 0 heterocycles. The smallest absolute Gasteiger partial charge is 0.259 e. The fraction of sp³-hybridized carbons (Fsp3) is 0.0667. The van der Waals surface area contributed by atoms with Gasteiger partial charge in [0.1, 0.15) is 12.0 Å². The van der Waals surface area contributed by atoms with Crippen LogP contribution in [-0.2, 0) is 0 Å². The van der Waals surface area contributed by atoms with E-state index in [9.17, 15) is 9.59 Å². The third-order valence-corrected chi connectivity index (χ3v) is 6.13. The highest BCUT2D eigenvalue weighted by atomic mass is 35.5. The number of carbonyl (C=O) groups is 2. The van der Waals surface area contributed by atoms with Crippen molar-refractivity contribution < 1.29 is 9.59 Å². The van der Waals surface area contributed by atoms with Gasteiger partial charge in [-0.25, -0.2) is 0 Å². The molecule has 4 aromatic carbocycles. The number of halogens is 2. The van der Waals surface area contributed by atoms with E-state index in [1.165, 1.54) is 9.80 Å². The summed E-state index contributed by atoms with van der Waals surface area (Å²) < 4.78 is 0. The fourth-order valence-corrected chi connectivity index (χ4v) is 4.17. The van der Waals surface area contributed by atoms with Crippen LogP contribution in [0.4, 0.5) is 11.4 Å². The van der Waals surface area contributed by atoms with Crippen molar-refractivity contribution in [3.8, 4) is 0 Å². The summed E-state index contributed by atoms with van der Waals surface area (Å²) in [7, 11) is 0. The molecule has 0 radical (unpaired) electrons. The number of amides is 2. The maximum atomic E-state index is 12.8. The number of hydrogen-bond acceptors (Lipinski definition) is 2. The first kappa shape index (κ1) is 25.2. The number of carbonyl (C=O) groups excluding carboxylic acids is 2. The zero-order chi connectivity index (χ0) is 25.3. The molecule has 2 amide bonds. The van der Waals surface area contributed by atoms with Crippen molar-refractivity contribution in [2.75, 3.05) is 21.8 Å². The van der Waals surface area contributed by atoms with Gasteiger partial charge in [0.05, 0.1) is 0 Å². The molecule has 0 aromatic heterocycles. The van der Waals surface area contributed by atoms with Crippen LogP contribution in [-0.4, -0.2) is 23.8 Å². The second-order valence-corrected chi connectivity index (χ2v) is 8.43. The summed E-state index contributed by atoms with van der Waals surface area (Å²) in [6.07, 6.45) is 3.97. The Hall–Kier alpha value is -3.86. The van der Waals surface area contributed by atoms with Gasteiger partial charge >= 0.3 is 0 Å². The summed E-state index contributed by atoms with van der Waals surface area (Å²) in [5.74, 6) is -0.295. The van der Waals surface area contributed by atoms with E-state index in [0.717, 1.165) is 22.5 Å². The van der Waals surface area contributed by atoms with Crippen molar-refractivity contribution in [2.24, 2.45) is 0 Å². The van der Waals surface area contributed by atoms with Crippen LogP contribution >= 0.6 is 23.2 Å². The molecule has 0 saturated heterocycles. The van der Waals surface area contributed by atoms with Gasteiger partial charge in [-0.2, -0.15) is 0 Å². The van der Waals surface area contributed by atoms with Gasteiger partial charge in [0.2, 0.25) is 0 Å². The van der Waals surface area contributed by atoms with Crippen LogP contribution in [0.3, 0.4) is 0 Å². The Balaban J connectivity index is 1.43. The monoisotopic (exact) mass is 514 g/mol. The Morgan fingerprint density at radius 3 is 1.17 bits per heavy atom. The van der Waals surface area contributed by atoms with Gasteiger partial charge in [-0.15, -0.1) is 23.2 Å². The Labute approximate surface area is 221 Å². The SMILES string of the molecule is O=C(c1ccccc1)N(CCl)c1ccc(C=Cc2ccc(N(CCl)C(=O)c3ccccc3)cc2)cc1. The van der Waals surface area contributed by atoms with E-state index in [1.807, 2.05) is 97.1 Å². The Morgan fingerprint density at radius 1 is 0.528 bits per heavy atom. The van der Waals surface area contributed by atoms with Crippen LogP contribution in [0, 0.1) is 0 Å². The van der Waals surface area contributed by atoms with Crippen molar-refractivity contribution in [1.29, 1.82) is 0 Å². The summed E-state index contributed by atoms with van der Waals surface area (Å²) >= 11 is 12.2. The summed E-state index contributed by atoms with van der Waals surface area (Å²) in [6, 6.07) is 33.5. The lowest BCUT2D eigenvalue weighted by molar-refractivity contribution is 0.0983. The quantitative estimate of drug-likeness (QED) is 0.138. The third kappa shape index (κ3) is 6.03. The Kier molecular flexibility index (Phi) is 8.56. The maximum Gasteiger partial charge on any atom is 0.259 e. The molecule has 4 nitrogen and oxygen atoms in total. The lowest BCUT2D eigenvalue weighted by Crippen LogP contribution is -2.29. The minimum atomic E-state index is -0.147. The lowest BCUT2D eigenvalue weighted by atomic mass is 10.1. The predicted molar refractivity (Wildman–Crippen MR) is 150 cm³/mol. The van der Waals surface area contributed by atoms with Gasteiger partial charge < -0.3 is 0 Å². The molecule has 0 aliphatic heterocycles. The van der Waals surface area contributed by atoms with Gasteiger partial charge in [-0.1, -0.05) is 72.8 Å². The second-order valence-electron chi connectivity index (χ2n) is 7.95. The van der Waals surface area contributed by atoms with Crippen molar-refractivity contribution in [3.05, 3.63) is 131 Å². The number of nitrogens with zero attached hydrogens (tertiary/aromatic N) is 2. The molecule has 6 heteroatoms. The standard InChI is InChI=1S/C30H24Cl2N2O2/c31-21-33(29(35)25-7-3-1-4-8-25)27-17-13-23(14-18-27)11-12-24-15-19-28(20-16-24)34(22-32)30(36)26-9-5-2-6-10-26/h1-20H,21-22H2. The minimum absolute atomic E-state index is 0.0569.